The lowest BCUT2D eigenvalue weighted by Crippen LogP contribution is -2.08. The maximum absolute atomic E-state index is 11.2. The van der Waals surface area contributed by atoms with Gasteiger partial charge in [-0.15, -0.1) is 0 Å². The predicted octanol–water partition coefficient (Wildman–Crippen LogP) is 1.32. The van der Waals surface area contributed by atoms with Crippen LogP contribution in [0.3, 0.4) is 0 Å². The largest absolute Gasteiger partial charge is 0.464 e. The van der Waals surface area contributed by atoms with Gasteiger partial charge in [0.2, 0.25) is 0 Å². The van der Waals surface area contributed by atoms with Gasteiger partial charge in [-0.05, 0) is 18.6 Å². The number of nitrogens with one attached hydrogen (secondary N) is 1. The molecule has 0 saturated heterocycles. The second-order valence-corrected chi connectivity index (χ2v) is 3.19. The van der Waals surface area contributed by atoms with Gasteiger partial charge in [0.25, 0.3) is 0 Å². The van der Waals surface area contributed by atoms with Crippen molar-refractivity contribution in [2.75, 3.05) is 32.7 Å². The summed E-state index contributed by atoms with van der Waals surface area (Å²) in [5.41, 5.74) is 1.16. The maximum Gasteiger partial charge on any atom is 0.356 e. The molecule has 0 aliphatic carbocycles. The number of hydrogen-bond donors (Lipinski definition) is 1. The molecule has 1 aromatic rings. The number of rotatable bonds is 6. The SMILES string of the molecule is COCCCNc1ccnc(C(=O)OC)c1. The van der Waals surface area contributed by atoms with E-state index in [4.69, 9.17) is 4.74 Å². The van der Waals surface area contributed by atoms with E-state index in [1.807, 2.05) is 0 Å². The van der Waals surface area contributed by atoms with Crippen molar-refractivity contribution in [1.82, 2.24) is 4.98 Å². The summed E-state index contributed by atoms with van der Waals surface area (Å²) in [7, 11) is 3.00. The molecule has 0 amide bonds. The first kappa shape index (κ1) is 12.4. The zero-order valence-electron chi connectivity index (χ0n) is 9.53. The number of carbonyl (C=O) groups is 1. The maximum atomic E-state index is 11.2. The normalized spacial score (nSPS) is 9.88. The standard InChI is InChI=1S/C11H16N2O3/c1-15-7-3-5-12-9-4-6-13-10(8-9)11(14)16-2/h4,6,8H,3,5,7H2,1-2H3,(H,12,13). The second kappa shape index (κ2) is 6.79. The third-order valence-electron chi connectivity index (χ3n) is 2.01. The van der Waals surface area contributed by atoms with Gasteiger partial charge in [-0.1, -0.05) is 0 Å². The highest BCUT2D eigenvalue weighted by molar-refractivity contribution is 5.88. The van der Waals surface area contributed by atoms with Crippen molar-refractivity contribution in [3.63, 3.8) is 0 Å². The first-order chi connectivity index (χ1) is 7.77. The van der Waals surface area contributed by atoms with Crippen molar-refractivity contribution in [3.05, 3.63) is 24.0 Å². The fraction of sp³-hybridized carbons (Fsp3) is 0.455. The summed E-state index contributed by atoms with van der Waals surface area (Å²) in [5.74, 6) is -0.430. The van der Waals surface area contributed by atoms with Crippen molar-refractivity contribution in [2.24, 2.45) is 0 Å². The summed E-state index contributed by atoms with van der Waals surface area (Å²) < 4.78 is 9.52. The van der Waals surface area contributed by atoms with Crippen LogP contribution in [0.2, 0.25) is 0 Å². The number of aromatic nitrogens is 1. The van der Waals surface area contributed by atoms with Gasteiger partial charge in [0.1, 0.15) is 5.69 Å². The van der Waals surface area contributed by atoms with Crippen molar-refractivity contribution < 1.29 is 14.3 Å². The Morgan fingerprint density at radius 3 is 3.00 bits per heavy atom. The van der Waals surface area contributed by atoms with E-state index in [1.54, 1.807) is 25.4 Å². The molecule has 0 aliphatic rings. The minimum absolute atomic E-state index is 0.305. The molecule has 0 aromatic carbocycles. The molecule has 1 heterocycles. The average Bonchev–Trinajstić information content (AvgIpc) is 2.34. The van der Waals surface area contributed by atoms with E-state index in [9.17, 15) is 4.79 Å². The quantitative estimate of drug-likeness (QED) is 0.583. The van der Waals surface area contributed by atoms with Crippen LogP contribution in [0.1, 0.15) is 16.9 Å². The van der Waals surface area contributed by atoms with Crippen LogP contribution in [0.15, 0.2) is 18.3 Å². The second-order valence-electron chi connectivity index (χ2n) is 3.19. The molecule has 88 valence electrons. The monoisotopic (exact) mass is 224 g/mol. The van der Waals surface area contributed by atoms with E-state index in [-0.39, 0.29) is 0 Å². The van der Waals surface area contributed by atoms with Crippen molar-refractivity contribution in [3.8, 4) is 0 Å². The molecule has 0 atom stereocenters. The van der Waals surface area contributed by atoms with Gasteiger partial charge in [0, 0.05) is 32.1 Å². The van der Waals surface area contributed by atoms with E-state index >= 15 is 0 Å². The lowest BCUT2D eigenvalue weighted by molar-refractivity contribution is 0.0594. The third-order valence-corrected chi connectivity index (χ3v) is 2.01. The average molecular weight is 224 g/mol. The van der Waals surface area contributed by atoms with E-state index in [2.05, 4.69) is 15.0 Å². The Morgan fingerprint density at radius 2 is 2.31 bits per heavy atom. The van der Waals surface area contributed by atoms with E-state index in [0.29, 0.717) is 12.3 Å². The number of pyridine rings is 1. The Balaban J connectivity index is 2.50. The van der Waals surface area contributed by atoms with Crippen LogP contribution in [-0.4, -0.2) is 38.3 Å². The number of carbonyl (C=O) groups excluding carboxylic acids is 1. The minimum atomic E-state index is -0.430. The number of methoxy groups -OCH3 is 2. The molecule has 0 spiro atoms. The summed E-state index contributed by atoms with van der Waals surface area (Å²) in [6.07, 6.45) is 2.48. The Kier molecular flexibility index (Phi) is 5.28. The summed E-state index contributed by atoms with van der Waals surface area (Å²) in [6.45, 7) is 1.50. The molecule has 1 aromatic heterocycles. The molecule has 0 radical (unpaired) electrons. The predicted molar refractivity (Wildman–Crippen MR) is 60.6 cm³/mol. The summed E-state index contributed by atoms with van der Waals surface area (Å²) >= 11 is 0. The van der Waals surface area contributed by atoms with Crippen molar-refractivity contribution >= 4 is 11.7 Å². The molecule has 0 aliphatic heterocycles. The zero-order chi connectivity index (χ0) is 11.8. The van der Waals surface area contributed by atoms with Gasteiger partial charge in [-0.25, -0.2) is 9.78 Å². The van der Waals surface area contributed by atoms with E-state index in [1.165, 1.54) is 7.11 Å². The van der Waals surface area contributed by atoms with Gasteiger partial charge < -0.3 is 14.8 Å². The first-order valence-corrected chi connectivity index (χ1v) is 5.05. The number of esters is 1. The highest BCUT2D eigenvalue weighted by Gasteiger charge is 2.06. The zero-order valence-corrected chi connectivity index (χ0v) is 9.53. The van der Waals surface area contributed by atoms with Gasteiger partial charge in [0.05, 0.1) is 7.11 Å². The minimum Gasteiger partial charge on any atom is -0.464 e. The topological polar surface area (TPSA) is 60.5 Å². The number of anilines is 1. The molecule has 5 heteroatoms. The van der Waals surface area contributed by atoms with Gasteiger partial charge in [0.15, 0.2) is 0 Å². The van der Waals surface area contributed by atoms with E-state index in [0.717, 1.165) is 18.7 Å². The lowest BCUT2D eigenvalue weighted by atomic mass is 10.3. The van der Waals surface area contributed by atoms with Crippen molar-refractivity contribution in [1.29, 1.82) is 0 Å². The molecule has 0 bridgehead atoms. The number of hydrogen-bond acceptors (Lipinski definition) is 5. The van der Waals surface area contributed by atoms with Crippen LogP contribution in [0.25, 0.3) is 0 Å². The Morgan fingerprint density at radius 1 is 1.50 bits per heavy atom. The fourth-order valence-electron chi connectivity index (χ4n) is 1.21. The Bertz CT molecular complexity index is 342. The fourth-order valence-corrected chi connectivity index (χ4v) is 1.21. The molecule has 16 heavy (non-hydrogen) atoms. The molecule has 0 saturated carbocycles. The third kappa shape index (κ3) is 3.86. The van der Waals surface area contributed by atoms with Crippen LogP contribution in [-0.2, 0) is 9.47 Å². The molecule has 1 N–H and O–H groups in total. The molecule has 0 unspecified atom stereocenters. The van der Waals surface area contributed by atoms with Gasteiger partial charge >= 0.3 is 5.97 Å². The highest BCUT2D eigenvalue weighted by Crippen LogP contribution is 2.08. The molecule has 5 nitrogen and oxygen atoms in total. The summed E-state index contributed by atoms with van der Waals surface area (Å²) in [4.78, 5) is 15.1. The van der Waals surface area contributed by atoms with Gasteiger partial charge in [-0.3, -0.25) is 0 Å². The molecular formula is C11H16N2O3. The summed E-state index contributed by atoms with van der Waals surface area (Å²) in [5, 5.41) is 3.17. The van der Waals surface area contributed by atoms with Crippen LogP contribution in [0.4, 0.5) is 5.69 Å². The number of ether oxygens (including phenoxy) is 2. The van der Waals surface area contributed by atoms with E-state index < -0.39 is 5.97 Å². The summed E-state index contributed by atoms with van der Waals surface area (Å²) in [6, 6.07) is 3.47. The Labute approximate surface area is 94.8 Å². The van der Waals surface area contributed by atoms with Crippen LogP contribution in [0, 0.1) is 0 Å². The molecular weight excluding hydrogens is 208 g/mol. The molecule has 0 fully saturated rings. The number of nitrogens with zero attached hydrogens (tertiary/aromatic N) is 1. The van der Waals surface area contributed by atoms with Crippen LogP contribution >= 0.6 is 0 Å². The highest BCUT2D eigenvalue weighted by atomic mass is 16.5. The lowest BCUT2D eigenvalue weighted by Gasteiger charge is -2.06. The van der Waals surface area contributed by atoms with Crippen LogP contribution < -0.4 is 5.32 Å². The smallest absolute Gasteiger partial charge is 0.356 e. The van der Waals surface area contributed by atoms with Crippen molar-refractivity contribution in [2.45, 2.75) is 6.42 Å². The first-order valence-electron chi connectivity index (χ1n) is 5.05. The molecule has 1 rings (SSSR count). The van der Waals surface area contributed by atoms with Gasteiger partial charge in [-0.2, -0.15) is 0 Å². The Hall–Kier alpha value is -1.62. The van der Waals surface area contributed by atoms with Crippen LogP contribution in [0.5, 0.6) is 0 Å².